The zero-order valence-corrected chi connectivity index (χ0v) is 18.5. The highest BCUT2D eigenvalue weighted by molar-refractivity contribution is 5.96. The molecule has 3 rings (SSSR count). The minimum atomic E-state index is -0.576. The molecule has 1 fully saturated rings. The summed E-state index contributed by atoms with van der Waals surface area (Å²) in [4.78, 5) is 29.1. The SMILES string of the molecule is CC(C)(C)OC(=O)Nc1cccc(C(=O)N2CCN(CC=Cc3ccccc3)CC2)c1. The Kier molecular flexibility index (Phi) is 7.47. The summed E-state index contributed by atoms with van der Waals surface area (Å²) in [5.41, 5.74) is 1.72. The Balaban J connectivity index is 1.50. The number of benzene rings is 2. The van der Waals surface area contributed by atoms with Crippen molar-refractivity contribution in [2.24, 2.45) is 0 Å². The van der Waals surface area contributed by atoms with Crippen LogP contribution in [0.5, 0.6) is 0 Å². The van der Waals surface area contributed by atoms with Gasteiger partial charge in [0.1, 0.15) is 5.60 Å². The number of rotatable bonds is 5. The first-order valence-electron chi connectivity index (χ1n) is 10.6. The second-order valence-corrected chi connectivity index (χ2v) is 8.61. The molecule has 0 aliphatic carbocycles. The summed E-state index contributed by atoms with van der Waals surface area (Å²) >= 11 is 0. The molecular weight excluding hydrogens is 390 g/mol. The normalized spacial score (nSPS) is 15.1. The molecule has 31 heavy (non-hydrogen) atoms. The third kappa shape index (κ3) is 7.26. The van der Waals surface area contributed by atoms with Crippen molar-refractivity contribution in [1.82, 2.24) is 9.80 Å². The number of carbonyl (C=O) groups excluding carboxylic acids is 2. The lowest BCUT2D eigenvalue weighted by Gasteiger charge is -2.34. The first kappa shape index (κ1) is 22.6. The van der Waals surface area contributed by atoms with Gasteiger partial charge in [-0.1, -0.05) is 48.6 Å². The Morgan fingerprint density at radius 1 is 1.00 bits per heavy atom. The summed E-state index contributed by atoms with van der Waals surface area (Å²) in [5.74, 6) is -0.0210. The van der Waals surface area contributed by atoms with Crippen molar-refractivity contribution in [2.45, 2.75) is 26.4 Å². The maximum absolute atomic E-state index is 12.9. The third-order valence-corrected chi connectivity index (χ3v) is 4.89. The van der Waals surface area contributed by atoms with Crippen molar-refractivity contribution in [2.75, 3.05) is 38.0 Å². The molecule has 1 aliphatic rings. The van der Waals surface area contributed by atoms with Crippen molar-refractivity contribution < 1.29 is 14.3 Å². The largest absolute Gasteiger partial charge is 0.444 e. The molecule has 6 heteroatoms. The molecule has 1 heterocycles. The van der Waals surface area contributed by atoms with Gasteiger partial charge in [0.25, 0.3) is 5.91 Å². The fourth-order valence-electron chi connectivity index (χ4n) is 3.37. The fourth-order valence-corrected chi connectivity index (χ4v) is 3.37. The van der Waals surface area contributed by atoms with E-state index in [1.807, 2.05) is 43.9 Å². The Labute approximate surface area is 184 Å². The van der Waals surface area contributed by atoms with Crippen molar-refractivity contribution in [3.05, 3.63) is 71.8 Å². The quantitative estimate of drug-likeness (QED) is 0.772. The Morgan fingerprint density at radius 3 is 2.39 bits per heavy atom. The summed E-state index contributed by atoms with van der Waals surface area (Å²) < 4.78 is 5.27. The van der Waals surface area contributed by atoms with E-state index in [2.05, 4.69) is 34.5 Å². The number of nitrogens with zero attached hydrogens (tertiary/aromatic N) is 2. The van der Waals surface area contributed by atoms with Crippen LogP contribution < -0.4 is 5.32 Å². The standard InChI is InChI=1S/C25H31N3O3/c1-25(2,3)31-24(30)26-22-13-7-12-21(19-22)23(29)28-17-15-27(16-18-28)14-8-11-20-9-5-4-6-10-20/h4-13,19H,14-18H2,1-3H3,(H,26,30). The van der Waals surface area contributed by atoms with Gasteiger partial charge in [-0.3, -0.25) is 15.0 Å². The van der Waals surface area contributed by atoms with Gasteiger partial charge in [-0.15, -0.1) is 0 Å². The molecule has 0 aromatic heterocycles. The number of anilines is 1. The summed E-state index contributed by atoms with van der Waals surface area (Å²) in [5, 5.41) is 2.69. The van der Waals surface area contributed by atoms with E-state index in [0.29, 0.717) is 24.3 Å². The predicted molar refractivity (Wildman–Crippen MR) is 124 cm³/mol. The van der Waals surface area contributed by atoms with Crippen molar-refractivity contribution >= 4 is 23.8 Å². The Hall–Kier alpha value is -3.12. The van der Waals surface area contributed by atoms with Crippen LogP contribution in [0.4, 0.5) is 10.5 Å². The Bertz CT molecular complexity index is 911. The van der Waals surface area contributed by atoms with E-state index in [0.717, 1.165) is 19.6 Å². The minimum Gasteiger partial charge on any atom is -0.444 e. The van der Waals surface area contributed by atoms with Gasteiger partial charge < -0.3 is 9.64 Å². The number of carbonyl (C=O) groups is 2. The number of ether oxygens (including phenoxy) is 1. The van der Waals surface area contributed by atoms with Crippen molar-refractivity contribution in [1.29, 1.82) is 0 Å². The van der Waals surface area contributed by atoms with Crippen LogP contribution in [0.15, 0.2) is 60.7 Å². The summed E-state index contributed by atoms with van der Waals surface area (Å²) in [6.07, 6.45) is 3.76. The molecule has 0 atom stereocenters. The molecule has 0 saturated carbocycles. The van der Waals surface area contributed by atoms with Crippen LogP contribution in [-0.2, 0) is 4.74 Å². The molecule has 2 aromatic carbocycles. The fraction of sp³-hybridized carbons (Fsp3) is 0.360. The van der Waals surface area contributed by atoms with Gasteiger partial charge in [-0.05, 0) is 44.5 Å². The van der Waals surface area contributed by atoms with Gasteiger partial charge in [-0.2, -0.15) is 0 Å². The van der Waals surface area contributed by atoms with E-state index in [4.69, 9.17) is 4.74 Å². The molecule has 0 radical (unpaired) electrons. The van der Waals surface area contributed by atoms with Crippen LogP contribution in [0.25, 0.3) is 6.08 Å². The van der Waals surface area contributed by atoms with Crippen LogP contribution in [0, 0.1) is 0 Å². The zero-order valence-electron chi connectivity index (χ0n) is 18.5. The highest BCUT2D eigenvalue weighted by Crippen LogP contribution is 2.16. The van der Waals surface area contributed by atoms with Gasteiger partial charge >= 0.3 is 6.09 Å². The first-order chi connectivity index (χ1) is 14.8. The van der Waals surface area contributed by atoms with E-state index < -0.39 is 11.7 Å². The molecule has 0 bridgehead atoms. The molecule has 1 saturated heterocycles. The highest BCUT2D eigenvalue weighted by Gasteiger charge is 2.22. The Morgan fingerprint density at radius 2 is 1.71 bits per heavy atom. The van der Waals surface area contributed by atoms with E-state index in [9.17, 15) is 9.59 Å². The lowest BCUT2D eigenvalue weighted by atomic mass is 10.1. The predicted octanol–water partition coefficient (Wildman–Crippen LogP) is 4.50. The number of amides is 2. The molecule has 0 unspecified atom stereocenters. The molecule has 0 spiro atoms. The molecule has 6 nitrogen and oxygen atoms in total. The van der Waals surface area contributed by atoms with Crippen molar-refractivity contribution in [3.8, 4) is 0 Å². The number of nitrogens with one attached hydrogen (secondary N) is 1. The monoisotopic (exact) mass is 421 g/mol. The molecule has 1 aliphatic heterocycles. The second kappa shape index (κ2) is 10.3. The number of piperazine rings is 1. The third-order valence-electron chi connectivity index (χ3n) is 4.89. The minimum absolute atomic E-state index is 0.0210. The van der Waals surface area contributed by atoms with E-state index in [-0.39, 0.29) is 5.91 Å². The highest BCUT2D eigenvalue weighted by atomic mass is 16.6. The smallest absolute Gasteiger partial charge is 0.412 e. The van der Waals surface area contributed by atoms with E-state index in [1.165, 1.54) is 5.56 Å². The van der Waals surface area contributed by atoms with Gasteiger partial charge in [0.2, 0.25) is 0 Å². The second-order valence-electron chi connectivity index (χ2n) is 8.61. The van der Waals surface area contributed by atoms with Crippen LogP contribution in [0.1, 0.15) is 36.7 Å². The van der Waals surface area contributed by atoms with E-state index >= 15 is 0 Å². The van der Waals surface area contributed by atoms with Crippen LogP contribution in [0.3, 0.4) is 0 Å². The lowest BCUT2D eigenvalue weighted by Crippen LogP contribution is -2.48. The van der Waals surface area contributed by atoms with Crippen molar-refractivity contribution in [3.63, 3.8) is 0 Å². The summed E-state index contributed by atoms with van der Waals surface area (Å²) in [6, 6.07) is 17.2. The maximum atomic E-state index is 12.9. The average Bonchev–Trinajstić information content (AvgIpc) is 2.73. The first-order valence-corrected chi connectivity index (χ1v) is 10.6. The van der Waals surface area contributed by atoms with Gasteiger partial charge in [0.05, 0.1) is 0 Å². The van der Waals surface area contributed by atoms with Crippen LogP contribution in [0.2, 0.25) is 0 Å². The lowest BCUT2D eigenvalue weighted by molar-refractivity contribution is 0.0629. The maximum Gasteiger partial charge on any atom is 0.412 e. The van der Waals surface area contributed by atoms with Gasteiger partial charge in [0.15, 0.2) is 0 Å². The molecular formula is C25H31N3O3. The van der Waals surface area contributed by atoms with Gasteiger partial charge in [-0.25, -0.2) is 4.79 Å². The van der Waals surface area contributed by atoms with Crippen LogP contribution in [-0.4, -0.2) is 60.1 Å². The topological polar surface area (TPSA) is 61.9 Å². The summed E-state index contributed by atoms with van der Waals surface area (Å²) in [7, 11) is 0. The molecule has 2 amide bonds. The van der Waals surface area contributed by atoms with E-state index in [1.54, 1.807) is 24.3 Å². The zero-order chi connectivity index (χ0) is 22.3. The number of hydrogen-bond acceptors (Lipinski definition) is 4. The van der Waals surface area contributed by atoms with Crippen LogP contribution >= 0.6 is 0 Å². The molecule has 1 N–H and O–H groups in total. The summed E-state index contributed by atoms with van der Waals surface area (Å²) in [6.45, 7) is 9.33. The molecule has 164 valence electrons. The average molecular weight is 422 g/mol. The molecule has 2 aromatic rings. The van der Waals surface area contributed by atoms with Gasteiger partial charge in [0, 0.05) is 44.0 Å². The number of hydrogen-bond donors (Lipinski definition) is 1.